The maximum Gasteiger partial charge on any atom is 0.344 e. The predicted octanol–water partition coefficient (Wildman–Crippen LogP) is 3.47. The normalized spacial score (nSPS) is 10.9. The third-order valence-corrected chi connectivity index (χ3v) is 2.84. The lowest BCUT2D eigenvalue weighted by atomic mass is 10.2. The average Bonchev–Trinajstić information content (AvgIpc) is 2.52. The molecule has 0 saturated carbocycles. The molecule has 2 rings (SSSR count). The third-order valence-electron chi connectivity index (χ3n) is 2.84. The number of rotatable bonds is 6. The number of aliphatic imine (C=N–C) groups is 1. The van der Waals surface area contributed by atoms with Gasteiger partial charge in [-0.25, -0.2) is 4.79 Å². The van der Waals surface area contributed by atoms with Gasteiger partial charge in [0.2, 0.25) is 0 Å². The monoisotopic (exact) mass is 313 g/mol. The van der Waals surface area contributed by atoms with Crippen LogP contribution < -0.4 is 4.74 Å². The average molecular weight is 313 g/mol. The van der Waals surface area contributed by atoms with Crippen molar-refractivity contribution in [3.8, 4) is 11.5 Å². The van der Waals surface area contributed by atoms with E-state index in [2.05, 4.69) is 4.99 Å². The van der Waals surface area contributed by atoms with Crippen molar-refractivity contribution in [2.45, 2.75) is 20.0 Å². The zero-order chi connectivity index (χ0) is 16.7. The number of nitrogens with zero attached hydrogens (tertiary/aromatic N) is 1. The lowest BCUT2D eigenvalue weighted by molar-refractivity contribution is -0.149. The molecule has 0 heterocycles. The number of phenolic OH excluding ortho intramolecular Hbond substituents is 1. The number of aromatic hydroxyl groups is 1. The Bertz CT molecular complexity index is 678. The molecule has 0 aliphatic carbocycles. The van der Waals surface area contributed by atoms with Crippen LogP contribution in [0.15, 0.2) is 53.5 Å². The van der Waals surface area contributed by atoms with Gasteiger partial charge in [0.15, 0.2) is 6.61 Å². The predicted molar refractivity (Wildman–Crippen MR) is 88.5 cm³/mol. The molecule has 5 nitrogen and oxygen atoms in total. The van der Waals surface area contributed by atoms with Gasteiger partial charge in [0, 0.05) is 6.21 Å². The summed E-state index contributed by atoms with van der Waals surface area (Å²) >= 11 is 0. The van der Waals surface area contributed by atoms with E-state index in [4.69, 9.17) is 9.47 Å². The van der Waals surface area contributed by atoms with Crippen molar-refractivity contribution < 1.29 is 19.4 Å². The minimum absolute atomic E-state index is 0.122. The van der Waals surface area contributed by atoms with Gasteiger partial charge in [-0.1, -0.05) is 12.1 Å². The molecule has 0 saturated heterocycles. The number of hydrogen-bond acceptors (Lipinski definition) is 5. The summed E-state index contributed by atoms with van der Waals surface area (Å²) in [7, 11) is 0. The Balaban J connectivity index is 1.92. The van der Waals surface area contributed by atoms with Crippen LogP contribution in [0.5, 0.6) is 11.5 Å². The number of esters is 1. The summed E-state index contributed by atoms with van der Waals surface area (Å²) in [6.45, 7) is 3.45. The highest BCUT2D eigenvalue weighted by atomic mass is 16.6. The molecular formula is C18H19NO4. The highest BCUT2D eigenvalue weighted by Crippen LogP contribution is 2.24. The Morgan fingerprint density at radius 2 is 1.87 bits per heavy atom. The Kier molecular flexibility index (Phi) is 5.74. The second kappa shape index (κ2) is 7.98. The van der Waals surface area contributed by atoms with E-state index < -0.39 is 5.97 Å². The maximum absolute atomic E-state index is 11.4. The molecule has 0 aliphatic heterocycles. The van der Waals surface area contributed by atoms with Gasteiger partial charge in [-0.2, -0.15) is 0 Å². The first-order valence-corrected chi connectivity index (χ1v) is 7.29. The number of para-hydroxylation sites is 2. The van der Waals surface area contributed by atoms with Crippen LogP contribution in [0.3, 0.4) is 0 Å². The molecule has 0 radical (unpaired) electrons. The summed E-state index contributed by atoms with van der Waals surface area (Å²) < 4.78 is 10.3. The highest BCUT2D eigenvalue weighted by molar-refractivity contribution is 5.82. The minimum atomic E-state index is -0.398. The quantitative estimate of drug-likeness (QED) is 0.655. The molecule has 120 valence electrons. The fraction of sp³-hybridized carbons (Fsp3) is 0.222. The highest BCUT2D eigenvalue weighted by Gasteiger charge is 2.06. The van der Waals surface area contributed by atoms with E-state index in [1.54, 1.807) is 56.5 Å². The molecule has 0 atom stereocenters. The van der Waals surface area contributed by atoms with Crippen molar-refractivity contribution in [2.24, 2.45) is 4.99 Å². The molecule has 2 aromatic carbocycles. The van der Waals surface area contributed by atoms with Crippen molar-refractivity contribution in [1.82, 2.24) is 0 Å². The first-order chi connectivity index (χ1) is 11.0. The summed E-state index contributed by atoms with van der Waals surface area (Å²) in [6.07, 6.45) is 1.49. The number of carbonyl (C=O) groups excluding carboxylic acids is 1. The Morgan fingerprint density at radius 1 is 1.17 bits per heavy atom. The lowest BCUT2D eigenvalue weighted by Gasteiger charge is -2.09. The van der Waals surface area contributed by atoms with Crippen molar-refractivity contribution in [2.75, 3.05) is 6.61 Å². The fourth-order valence-corrected chi connectivity index (χ4v) is 1.81. The van der Waals surface area contributed by atoms with E-state index in [1.807, 2.05) is 12.1 Å². The molecule has 2 aromatic rings. The van der Waals surface area contributed by atoms with Crippen LogP contribution >= 0.6 is 0 Å². The molecular weight excluding hydrogens is 294 g/mol. The molecule has 0 spiro atoms. The molecule has 0 unspecified atom stereocenters. The van der Waals surface area contributed by atoms with E-state index in [-0.39, 0.29) is 18.5 Å². The van der Waals surface area contributed by atoms with Gasteiger partial charge >= 0.3 is 5.97 Å². The van der Waals surface area contributed by atoms with Crippen LogP contribution in [0, 0.1) is 0 Å². The molecule has 23 heavy (non-hydrogen) atoms. The van der Waals surface area contributed by atoms with Gasteiger partial charge in [0.1, 0.15) is 17.2 Å². The fourth-order valence-electron chi connectivity index (χ4n) is 1.81. The number of carbonyl (C=O) groups is 1. The molecule has 0 aromatic heterocycles. The van der Waals surface area contributed by atoms with Crippen molar-refractivity contribution in [1.29, 1.82) is 0 Å². The van der Waals surface area contributed by atoms with Crippen LogP contribution in [0.1, 0.15) is 19.4 Å². The zero-order valence-electron chi connectivity index (χ0n) is 13.1. The smallest absolute Gasteiger partial charge is 0.344 e. The van der Waals surface area contributed by atoms with E-state index in [0.717, 1.165) is 5.56 Å². The molecule has 0 bridgehead atoms. The standard InChI is InChI=1S/C18H19NO4/c1-13(2)23-18(21)12-22-15-9-7-14(8-10-15)11-19-16-5-3-4-6-17(16)20/h3-11,13,20H,12H2,1-2H3. The Labute approximate surface area is 135 Å². The number of ether oxygens (including phenoxy) is 2. The molecule has 5 heteroatoms. The van der Waals surface area contributed by atoms with Gasteiger partial charge in [0.25, 0.3) is 0 Å². The summed E-state index contributed by atoms with van der Waals surface area (Å²) in [4.78, 5) is 15.6. The number of phenols is 1. The summed E-state index contributed by atoms with van der Waals surface area (Å²) in [5.74, 6) is 0.308. The Hall–Kier alpha value is -2.82. The van der Waals surface area contributed by atoms with E-state index in [1.165, 1.54) is 0 Å². The molecule has 0 aliphatic rings. The molecule has 1 N–H and O–H groups in total. The Morgan fingerprint density at radius 3 is 2.52 bits per heavy atom. The number of benzene rings is 2. The summed E-state index contributed by atoms with van der Waals surface area (Å²) in [5.41, 5.74) is 1.36. The van der Waals surface area contributed by atoms with Gasteiger partial charge in [-0.05, 0) is 55.8 Å². The van der Waals surface area contributed by atoms with Gasteiger partial charge in [-0.15, -0.1) is 0 Å². The van der Waals surface area contributed by atoms with E-state index in [0.29, 0.717) is 11.4 Å². The lowest BCUT2D eigenvalue weighted by Crippen LogP contribution is -2.18. The van der Waals surface area contributed by atoms with Crippen LogP contribution in [-0.4, -0.2) is 30.0 Å². The topological polar surface area (TPSA) is 68.1 Å². The van der Waals surface area contributed by atoms with Crippen LogP contribution in [0.2, 0.25) is 0 Å². The summed E-state index contributed by atoms with van der Waals surface area (Å²) in [5, 5.41) is 9.64. The van der Waals surface area contributed by atoms with Crippen molar-refractivity contribution in [3.05, 3.63) is 54.1 Å². The third kappa shape index (κ3) is 5.47. The first kappa shape index (κ1) is 16.5. The van der Waals surface area contributed by atoms with Crippen LogP contribution in [-0.2, 0) is 9.53 Å². The summed E-state index contributed by atoms with van der Waals surface area (Å²) in [6, 6.07) is 14.0. The second-order valence-corrected chi connectivity index (χ2v) is 5.14. The largest absolute Gasteiger partial charge is 0.506 e. The SMILES string of the molecule is CC(C)OC(=O)COc1ccc(C=Nc2ccccc2O)cc1. The second-order valence-electron chi connectivity index (χ2n) is 5.14. The number of hydrogen-bond donors (Lipinski definition) is 1. The molecule has 0 fully saturated rings. The van der Waals surface area contributed by atoms with Crippen molar-refractivity contribution >= 4 is 17.9 Å². The minimum Gasteiger partial charge on any atom is -0.506 e. The van der Waals surface area contributed by atoms with Crippen molar-refractivity contribution in [3.63, 3.8) is 0 Å². The zero-order valence-corrected chi connectivity index (χ0v) is 13.1. The van der Waals surface area contributed by atoms with E-state index >= 15 is 0 Å². The van der Waals surface area contributed by atoms with Gasteiger partial charge < -0.3 is 14.6 Å². The van der Waals surface area contributed by atoms with Crippen LogP contribution in [0.4, 0.5) is 5.69 Å². The molecule has 0 amide bonds. The van der Waals surface area contributed by atoms with Gasteiger partial charge in [-0.3, -0.25) is 4.99 Å². The maximum atomic E-state index is 11.4. The van der Waals surface area contributed by atoms with Crippen LogP contribution in [0.25, 0.3) is 0 Å². The van der Waals surface area contributed by atoms with Gasteiger partial charge in [0.05, 0.1) is 6.10 Å². The van der Waals surface area contributed by atoms with E-state index in [9.17, 15) is 9.90 Å². The first-order valence-electron chi connectivity index (χ1n) is 7.29.